The van der Waals surface area contributed by atoms with E-state index in [0.29, 0.717) is 32.5 Å². The van der Waals surface area contributed by atoms with Crippen molar-refractivity contribution in [2.24, 2.45) is 5.41 Å². The van der Waals surface area contributed by atoms with Crippen molar-refractivity contribution in [3.8, 4) is 16.4 Å². The molecule has 3 heterocycles. The van der Waals surface area contributed by atoms with E-state index < -0.39 is 17.5 Å². The number of hydrogen-bond acceptors (Lipinski definition) is 7. The average molecular weight is 577 g/mol. The van der Waals surface area contributed by atoms with Crippen LogP contribution in [0.2, 0.25) is 12.6 Å². The molecule has 3 amide bonds. The van der Waals surface area contributed by atoms with E-state index in [1.807, 2.05) is 57.5 Å². The van der Waals surface area contributed by atoms with Gasteiger partial charge in [-0.15, -0.1) is 11.3 Å². The van der Waals surface area contributed by atoms with Crippen LogP contribution in [0.5, 0.6) is 0 Å². The van der Waals surface area contributed by atoms with Crippen molar-refractivity contribution in [3.05, 3.63) is 41.0 Å². The lowest BCUT2D eigenvalue weighted by molar-refractivity contribution is -0.144. The Balaban J connectivity index is 1.31. The Morgan fingerprint density at radius 2 is 1.88 bits per heavy atom. The topological polar surface area (TPSA) is 118 Å². The Labute approximate surface area is 247 Å². The Morgan fingerprint density at radius 1 is 1.17 bits per heavy atom. The van der Waals surface area contributed by atoms with Crippen LogP contribution in [0.25, 0.3) is 10.4 Å². The van der Waals surface area contributed by atoms with Crippen molar-refractivity contribution in [1.82, 2.24) is 25.4 Å². The van der Waals surface area contributed by atoms with Crippen LogP contribution in [0.15, 0.2) is 29.8 Å². The molecular formula is C30H41BN6O3S. The zero-order valence-electron chi connectivity index (χ0n) is 24.6. The standard InChI is InChI=1S/C30H41BN6O3S/c1-21-26(41-20-34-21)23-9-7-22(8-10-23)18-33-28(39)24-6-5-14-37(24)29(40)27(30(2,3)4)35-25(38)11-15-36-16-12-31(19-32)13-17-36/h7-10,20,24,27H,5-6,11-18H2,1-4H3,(H,33,39)(H,35,38). The molecular weight excluding hydrogens is 535 g/mol. The number of nitrogens with one attached hydrogen (secondary N) is 2. The molecule has 0 bridgehead atoms. The fraction of sp³-hybridized carbons (Fsp3) is 0.567. The zero-order valence-corrected chi connectivity index (χ0v) is 25.4. The fourth-order valence-electron chi connectivity index (χ4n) is 5.56. The molecule has 2 N–H and O–H groups in total. The van der Waals surface area contributed by atoms with Crippen molar-refractivity contribution in [1.29, 1.82) is 5.26 Å². The number of thiazole rings is 1. The largest absolute Gasteiger partial charge is 0.350 e. The van der Waals surface area contributed by atoms with Gasteiger partial charge in [-0.2, -0.15) is 0 Å². The van der Waals surface area contributed by atoms with Gasteiger partial charge in [0, 0.05) is 32.0 Å². The average Bonchev–Trinajstić information content (AvgIpc) is 3.62. The summed E-state index contributed by atoms with van der Waals surface area (Å²) >= 11 is 1.61. The molecule has 2 fully saturated rings. The van der Waals surface area contributed by atoms with E-state index in [4.69, 9.17) is 5.26 Å². The van der Waals surface area contributed by atoms with Gasteiger partial charge in [-0.3, -0.25) is 14.4 Å². The molecule has 1 aromatic carbocycles. The van der Waals surface area contributed by atoms with Crippen LogP contribution in [-0.2, 0) is 20.9 Å². The molecule has 2 saturated heterocycles. The van der Waals surface area contributed by atoms with E-state index in [2.05, 4.69) is 26.5 Å². The molecule has 0 spiro atoms. The summed E-state index contributed by atoms with van der Waals surface area (Å²) in [6.07, 6.45) is 3.30. The van der Waals surface area contributed by atoms with E-state index in [0.717, 1.165) is 53.8 Å². The van der Waals surface area contributed by atoms with Crippen LogP contribution in [-0.4, -0.2) is 77.5 Å². The lowest BCUT2D eigenvalue weighted by Crippen LogP contribution is -2.57. The smallest absolute Gasteiger partial charge is 0.270 e. The number of aryl methyl sites for hydroxylation is 1. The highest BCUT2D eigenvalue weighted by Gasteiger charge is 2.41. The Bertz CT molecular complexity index is 1260. The number of aromatic nitrogens is 1. The van der Waals surface area contributed by atoms with Gasteiger partial charge in [-0.05, 0) is 62.0 Å². The Kier molecular flexibility index (Phi) is 10.2. The predicted octanol–water partition coefficient (Wildman–Crippen LogP) is 3.52. The summed E-state index contributed by atoms with van der Waals surface area (Å²) in [5, 5.41) is 15.1. The highest BCUT2D eigenvalue weighted by Crippen LogP contribution is 2.28. The second-order valence-corrected chi connectivity index (χ2v) is 13.1. The first-order valence-corrected chi connectivity index (χ1v) is 15.4. The molecule has 1 aromatic heterocycles. The first-order valence-electron chi connectivity index (χ1n) is 14.6. The third kappa shape index (κ3) is 7.95. The van der Waals surface area contributed by atoms with Crippen LogP contribution in [0.3, 0.4) is 0 Å². The summed E-state index contributed by atoms with van der Waals surface area (Å²) < 4.78 is 0. The number of benzene rings is 1. The number of amides is 3. The van der Waals surface area contributed by atoms with Crippen molar-refractivity contribution in [2.45, 2.75) is 78.2 Å². The molecule has 4 rings (SSSR count). The normalized spacial score (nSPS) is 18.6. The van der Waals surface area contributed by atoms with E-state index in [1.54, 1.807) is 16.2 Å². The minimum absolute atomic E-state index is 0.104. The van der Waals surface area contributed by atoms with Gasteiger partial charge in [-0.25, -0.2) is 10.2 Å². The van der Waals surface area contributed by atoms with Gasteiger partial charge in [0.05, 0.1) is 16.1 Å². The maximum atomic E-state index is 13.8. The number of likely N-dealkylation sites (tertiary alicyclic amines) is 1. The molecule has 2 aliphatic heterocycles. The van der Waals surface area contributed by atoms with Crippen LogP contribution in [0.4, 0.5) is 0 Å². The molecule has 11 heteroatoms. The molecule has 218 valence electrons. The number of carbonyl (C=O) groups excluding carboxylic acids is 3. The zero-order chi connectivity index (χ0) is 29.6. The maximum Gasteiger partial charge on any atom is 0.270 e. The van der Waals surface area contributed by atoms with Crippen molar-refractivity contribution >= 4 is 35.8 Å². The van der Waals surface area contributed by atoms with E-state index in [-0.39, 0.29) is 24.4 Å². The quantitative estimate of drug-likeness (QED) is 0.441. The molecule has 2 atom stereocenters. The van der Waals surface area contributed by atoms with Crippen molar-refractivity contribution in [3.63, 3.8) is 0 Å². The van der Waals surface area contributed by atoms with E-state index in [9.17, 15) is 14.4 Å². The molecule has 0 aliphatic carbocycles. The van der Waals surface area contributed by atoms with Crippen LogP contribution >= 0.6 is 11.3 Å². The number of carbonyl (C=O) groups is 3. The third-order valence-electron chi connectivity index (χ3n) is 8.11. The molecule has 2 aliphatic rings. The molecule has 2 aromatic rings. The number of nitriles is 1. The molecule has 2 unspecified atom stereocenters. The second-order valence-electron chi connectivity index (χ2n) is 12.2. The lowest BCUT2D eigenvalue weighted by atomic mass is 9.45. The molecule has 9 nitrogen and oxygen atoms in total. The minimum Gasteiger partial charge on any atom is -0.350 e. The van der Waals surface area contributed by atoms with Gasteiger partial charge in [-0.1, -0.05) is 45.0 Å². The second kappa shape index (κ2) is 13.6. The Hall–Kier alpha value is -3.23. The number of nitrogens with zero attached hydrogens (tertiary/aromatic N) is 4. The van der Waals surface area contributed by atoms with E-state index >= 15 is 0 Å². The number of hydrogen-bond donors (Lipinski definition) is 2. The van der Waals surface area contributed by atoms with Gasteiger partial charge in [0.25, 0.3) is 6.71 Å². The summed E-state index contributed by atoms with van der Waals surface area (Å²) in [7, 11) is 0. The first-order chi connectivity index (χ1) is 19.6. The lowest BCUT2D eigenvalue weighted by Gasteiger charge is -2.35. The minimum atomic E-state index is -0.726. The molecule has 0 saturated carbocycles. The molecule has 41 heavy (non-hydrogen) atoms. The summed E-state index contributed by atoms with van der Waals surface area (Å²) in [6.45, 7) is 11.0. The van der Waals surface area contributed by atoms with Crippen LogP contribution in [0, 0.1) is 23.6 Å². The highest BCUT2D eigenvalue weighted by atomic mass is 32.1. The van der Waals surface area contributed by atoms with Gasteiger partial charge >= 0.3 is 0 Å². The third-order valence-corrected chi connectivity index (χ3v) is 9.09. The van der Waals surface area contributed by atoms with E-state index in [1.165, 1.54) is 0 Å². The monoisotopic (exact) mass is 576 g/mol. The van der Waals surface area contributed by atoms with Gasteiger partial charge in [0.2, 0.25) is 17.7 Å². The summed E-state index contributed by atoms with van der Waals surface area (Å²) in [5.41, 5.74) is 4.41. The SMILES string of the molecule is Cc1ncsc1-c1ccc(CNC(=O)C2CCCN2C(=O)C(NC(=O)CCN2CCB(C#N)CC2)C(C)(C)C)cc1. The molecule has 0 radical (unpaired) electrons. The van der Waals surface area contributed by atoms with Crippen LogP contribution in [0.1, 0.15) is 51.3 Å². The summed E-state index contributed by atoms with van der Waals surface area (Å²) in [6, 6.07) is 6.81. The fourth-order valence-corrected chi connectivity index (χ4v) is 6.37. The van der Waals surface area contributed by atoms with Crippen LogP contribution < -0.4 is 10.6 Å². The Morgan fingerprint density at radius 3 is 2.49 bits per heavy atom. The van der Waals surface area contributed by atoms with Crippen molar-refractivity contribution in [2.75, 3.05) is 26.2 Å². The summed E-state index contributed by atoms with van der Waals surface area (Å²) in [4.78, 5) is 49.2. The predicted molar refractivity (Wildman–Crippen MR) is 162 cm³/mol. The first kappa shape index (κ1) is 30.7. The number of rotatable bonds is 9. The maximum absolute atomic E-state index is 13.8. The van der Waals surface area contributed by atoms with Gasteiger partial charge < -0.3 is 20.4 Å². The van der Waals surface area contributed by atoms with Gasteiger partial charge in [0.1, 0.15) is 12.1 Å². The summed E-state index contributed by atoms with van der Waals surface area (Å²) in [5.74, 6) is 1.79. The van der Waals surface area contributed by atoms with Gasteiger partial charge in [0.15, 0.2) is 0 Å². The highest BCUT2D eigenvalue weighted by molar-refractivity contribution is 7.13. The van der Waals surface area contributed by atoms with Crippen molar-refractivity contribution < 1.29 is 14.4 Å².